The summed E-state index contributed by atoms with van der Waals surface area (Å²) in [6.07, 6.45) is 6.15. The van der Waals surface area contributed by atoms with Gasteiger partial charge in [-0.1, -0.05) is 6.07 Å². The highest BCUT2D eigenvalue weighted by atomic mass is 32.2. The van der Waals surface area contributed by atoms with Crippen molar-refractivity contribution in [1.29, 1.82) is 0 Å². The Morgan fingerprint density at radius 2 is 2.10 bits per heavy atom. The smallest absolute Gasteiger partial charge is 0.177 e. The lowest BCUT2D eigenvalue weighted by molar-refractivity contribution is 0.601. The van der Waals surface area contributed by atoms with Crippen molar-refractivity contribution in [3.05, 3.63) is 48.1 Å². The number of aryl methyl sites for hydroxylation is 1. The minimum absolute atomic E-state index is 0.284. The van der Waals surface area contributed by atoms with E-state index in [-0.39, 0.29) is 4.90 Å². The minimum atomic E-state index is -3.32. The number of sulfone groups is 1. The lowest BCUT2D eigenvalue weighted by Gasteiger charge is -2.11. The molecule has 0 amide bonds. The predicted molar refractivity (Wildman–Crippen MR) is 82.5 cm³/mol. The molecule has 0 aliphatic heterocycles. The van der Waals surface area contributed by atoms with E-state index in [1.54, 1.807) is 34.9 Å². The standard InChI is InChI=1S/C14H13N3O2S2/c1-10-14(20-9-16-10)11-3-4-13(21(2,18)19)12(7-11)17-6-5-15-8-17/h3-9H,1-2H3. The van der Waals surface area contributed by atoms with Gasteiger partial charge in [0.25, 0.3) is 0 Å². The Kier molecular flexibility index (Phi) is 3.38. The average molecular weight is 319 g/mol. The van der Waals surface area contributed by atoms with Crippen molar-refractivity contribution in [1.82, 2.24) is 14.5 Å². The van der Waals surface area contributed by atoms with Crippen LogP contribution in [0.25, 0.3) is 16.1 Å². The Morgan fingerprint density at radius 1 is 1.29 bits per heavy atom. The van der Waals surface area contributed by atoms with Crippen LogP contribution >= 0.6 is 11.3 Å². The number of rotatable bonds is 3. The number of nitrogens with zero attached hydrogens (tertiary/aromatic N) is 3. The summed E-state index contributed by atoms with van der Waals surface area (Å²) >= 11 is 1.54. The molecule has 0 fully saturated rings. The molecule has 0 spiro atoms. The van der Waals surface area contributed by atoms with E-state index in [0.29, 0.717) is 5.69 Å². The van der Waals surface area contributed by atoms with Crippen LogP contribution in [0.1, 0.15) is 5.69 Å². The van der Waals surface area contributed by atoms with Crippen LogP contribution in [0.4, 0.5) is 0 Å². The Morgan fingerprint density at radius 3 is 2.67 bits per heavy atom. The molecular weight excluding hydrogens is 306 g/mol. The molecule has 5 nitrogen and oxygen atoms in total. The Bertz CT molecular complexity index is 881. The summed E-state index contributed by atoms with van der Waals surface area (Å²) in [7, 11) is -3.32. The zero-order chi connectivity index (χ0) is 15.0. The fraction of sp³-hybridized carbons (Fsp3) is 0.143. The van der Waals surface area contributed by atoms with Gasteiger partial charge in [-0.15, -0.1) is 11.3 Å². The fourth-order valence-corrected chi connectivity index (χ4v) is 3.82. The van der Waals surface area contributed by atoms with Crippen LogP contribution in [0.3, 0.4) is 0 Å². The average Bonchev–Trinajstić information content (AvgIpc) is 3.08. The van der Waals surface area contributed by atoms with Crippen molar-refractivity contribution >= 4 is 21.2 Å². The maximum Gasteiger partial charge on any atom is 0.177 e. The summed E-state index contributed by atoms with van der Waals surface area (Å²) in [6.45, 7) is 1.94. The van der Waals surface area contributed by atoms with Gasteiger partial charge in [-0.3, -0.25) is 0 Å². The highest BCUT2D eigenvalue weighted by Gasteiger charge is 2.16. The number of thiazole rings is 1. The van der Waals surface area contributed by atoms with Gasteiger partial charge < -0.3 is 4.57 Å². The lowest BCUT2D eigenvalue weighted by Crippen LogP contribution is -2.04. The monoisotopic (exact) mass is 319 g/mol. The third-order valence-corrected chi connectivity index (χ3v) is 5.27. The SMILES string of the molecule is Cc1ncsc1-c1ccc(S(C)(=O)=O)c(-n2ccnc2)c1. The molecule has 0 atom stereocenters. The highest BCUT2D eigenvalue weighted by Crippen LogP contribution is 2.31. The molecular formula is C14H13N3O2S2. The summed E-state index contributed by atoms with van der Waals surface area (Å²) in [4.78, 5) is 9.55. The molecule has 7 heteroatoms. The van der Waals surface area contributed by atoms with Crippen molar-refractivity contribution in [2.75, 3.05) is 6.26 Å². The highest BCUT2D eigenvalue weighted by molar-refractivity contribution is 7.90. The second kappa shape index (κ2) is 5.09. The molecule has 0 saturated heterocycles. The van der Waals surface area contributed by atoms with E-state index in [1.165, 1.54) is 17.6 Å². The molecule has 3 aromatic rings. The summed E-state index contributed by atoms with van der Waals surface area (Å²) in [5.74, 6) is 0. The maximum atomic E-state index is 12.0. The zero-order valence-electron chi connectivity index (χ0n) is 11.5. The Balaban J connectivity index is 2.25. The van der Waals surface area contributed by atoms with Crippen molar-refractivity contribution in [2.24, 2.45) is 0 Å². The van der Waals surface area contributed by atoms with E-state index in [1.807, 2.05) is 19.1 Å². The molecule has 0 radical (unpaired) electrons. The van der Waals surface area contributed by atoms with E-state index in [2.05, 4.69) is 9.97 Å². The number of aromatic nitrogens is 3. The van der Waals surface area contributed by atoms with E-state index in [0.717, 1.165) is 16.1 Å². The quantitative estimate of drug-likeness (QED) is 0.744. The van der Waals surface area contributed by atoms with Gasteiger partial charge in [0.15, 0.2) is 9.84 Å². The third kappa shape index (κ3) is 2.62. The molecule has 108 valence electrons. The maximum absolute atomic E-state index is 12.0. The van der Waals surface area contributed by atoms with Crippen molar-refractivity contribution in [2.45, 2.75) is 11.8 Å². The number of hydrogen-bond donors (Lipinski definition) is 0. The molecule has 3 rings (SSSR count). The second-order valence-electron chi connectivity index (χ2n) is 4.69. The van der Waals surface area contributed by atoms with Crippen LogP contribution in [0, 0.1) is 6.92 Å². The fourth-order valence-electron chi connectivity index (χ4n) is 2.15. The minimum Gasteiger partial charge on any atom is -0.305 e. The molecule has 2 heterocycles. The van der Waals surface area contributed by atoms with Gasteiger partial charge in [-0.05, 0) is 24.6 Å². The van der Waals surface area contributed by atoms with E-state index in [9.17, 15) is 8.42 Å². The first-order valence-electron chi connectivity index (χ1n) is 6.20. The van der Waals surface area contributed by atoms with E-state index >= 15 is 0 Å². The van der Waals surface area contributed by atoms with Gasteiger partial charge in [0, 0.05) is 18.6 Å². The summed E-state index contributed by atoms with van der Waals surface area (Å²) in [6, 6.07) is 5.31. The number of imidazole rings is 1. The number of benzene rings is 1. The number of hydrogen-bond acceptors (Lipinski definition) is 5. The molecule has 0 bridgehead atoms. The van der Waals surface area contributed by atoms with Gasteiger partial charge in [0.1, 0.15) is 0 Å². The Hall–Kier alpha value is -1.99. The molecule has 21 heavy (non-hydrogen) atoms. The lowest BCUT2D eigenvalue weighted by atomic mass is 10.1. The van der Waals surface area contributed by atoms with Crippen LogP contribution in [0.2, 0.25) is 0 Å². The summed E-state index contributed by atoms with van der Waals surface area (Å²) < 4.78 is 25.6. The van der Waals surface area contributed by atoms with Crippen molar-refractivity contribution in [3.8, 4) is 16.1 Å². The van der Waals surface area contributed by atoms with Crippen LogP contribution in [0.15, 0.2) is 47.3 Å². The Labute approximate surface area is 126 Å². The van der Waals surface area contributed by atoms with Gasteiger partial charge in [0.2, 0.25) is 0 Å². The third-order valence-electron chi connectivity index (χ3n) is 3.15. The second-order valence-corrected chi connectivity index (χ2v) is 7.53. The first kappa shape index (κ1) is 14.0. The molecule has 2 aromatic heterocycles. The van der Waals surface area contributed by atoms with Gasteiger partial charge in [-0.25, -0.2) is 18.4 Å². The first-order valence-corrected chi connectivity index (χ1v) is 8.97. The van der Waals surface area contributed by atoms with E-state index < -0.39 is 9.84 Å². The van der Waals surface area contributed by atoms with E-state index in [4.69, 9.17) is 0 Å². The molecule has 0 aliphatic carbocycles. The van der Waals surface area contributed by atoms with Gasteiger partial charge in [0.05, 0.1) is 33.0 Å². The van der Waals surface area contributed by atoms with Crippen LogP contribution in [-0.4, -0.2) is 29.2 Å². The van der Waals surface area contributed by atoms with Crippen LogP contribution < -0.4 is 0 Å². The van der Waals surface area contributed by atoms with Crippen molar-refractivity contribution < 1.29 is 8.42 Å². The van der Waals surface area contributed by atoms with Crippen LogP contribution in [0.5, 0.6) is 0 Å². The molecule has 0 saturated carbocycles. The summed E-state index contributed by atoms with van der Waals surface area (Å²) in [5.41, 5.74) is 4.27. The molecule has 1 aromatic carbocycles. The topological polar surface area (TPSA) is 64.8 Å². The molecule has 0 aliphatic rings. The predicted octanol–water partition coefficient (Wildman–Crippen LogP) is 2.71. The van der Waals surface area contributed by atoms with Gasteiger partial charge >= 0.3 is 0 Å². The normalized spacial score (nSPS) is 11.7. The van der Waals surface area contributed by atoms with Crippen molar-refractivity contribution in [3.63, 3.8) is 0 Å². The summed E-state index contributed by atoms with van der Waals surface area (Å²) in [5, 5.41) is 0. The zero-order valence-corrected chi connectivity index (χ0v) is 13.1. The first-order chi connectivity index (χ1) is 9.97. The van der Waals surface area contributed by atoms with Crippen LogP contribution in [-0.2, 0) is 9.84 Å². The largest absolute Gasteiger partial charge is 0.305 e. The molecule has 0 unspecified atom stereocenters. The van der Waals surface area contributed by atoms with Gasteiger partial charge in [-0.2, -0.15) is 0 Å². The molecule has 0 N–H and O–H groups in total.